The predicted octanol–water partition coefficient (Wildman–Crippen LogP) is 2.36. The van der Waals surface area contributed by atoms with Crippen LogP contribution in [0, 0.1) is 0 Å². The van der Waals surface area contributed by atoms with Crippen LogP contribution in [-0.2, 0) is 10.2 Å². The second-order valence-corrected chi connectivity index (χ2v) is 5.08. The third kappa shape index (κ3) is 4.19. The molecule has 0 radical (unpaired) electrons. The Bertz CT molecular complexity index is 380. The fraction of sp³-hybridized carbons (Fsp3) is 0.500. The van der Waals surface area contributed by atoms with Crippen molar-refractivity contribution in [2.75, 3.05) is 20.3 Å². The molecule has 0 heterocycles. The van der Waals surface area contributed by atoms with E-state index < -0.39 is 0 Å². The highest BCUT2D eigenvalue weighted by Gasteiger charge is 2.15. The van der Waals surface area contributed by atoms with Gasteiger partial charge in [-0.15, -0.1) is 0 Å². The van der Waals surface area contributed by atoms with Crippen molar-refractivity contribution in [3.8, 4) is 0 Å². The van der Waals surface area contributed by atoms with E-state index in [4.69, 9.17) is 4.74 Å². The quantitative estimate of drug-likeness (QED) is 0.814. The molecule has 0 aromatic heterocycles. The number of amides is 1. The fourth-order valence-corrected chi connectivity index (χ4v) is 1.50. The van der Waals surface area contributed by atoms with Crippen LogP contribution in [0.3, 0.4) is 0 Å². The summed E-state index contributed by atoms with van der Waals surface area (Å²) in [7, 11) is 1.62. The third-order valence-electron chi connectivity index (χ3n) is 2.58. The zero-order valence-corrected chi connectivity index (χ0v) is 11.0. The van der Waals surface area contributed by atoms with Crippen LogP contribution in [0.15, 0.2) is 24.3 Å². The summed E-state index contributed by atoms with van der Waals surface area (Å²) >= 11 is 0. The Morgan fingerprint density at radius 2 is 2.06 bits per heavy atom. The summed E-state index contributed by atoms with van der Waals surface area (Å²) in [6, 6.07) is 7.75. The van der Waals surface area contributed by atoms with Crippen molar-refractivity contribution in [1.29, 1.82) is 0 Å². The number of carbonyl (C=O) groups excluding carboxylic acids is 1. The Morgan fingerprint density at radius 1 is 1.35 bits per heavy atom. The lowest BCUT2D eigenvalue weighted by molar-refractivity contribution is 0.0937. The van der Waals surface area contributed by atoms with Gasteiger partial charge in [0.1, 0.15) is 0 Å². The van der Waals surface area contributed by atoms with E-state index in [1.54, 1.807) is 7.11 Å². The zero-order chi connectivity index (χ0) is 12.9. The molecule has 0 atom stereocenters. The van der Waals surface area contributed by atoms with E-state index in [2.05, 4.69) is 26.1 Å². The molecular formula is C14H21NO2. The van der Waals surface area contributed by atoms with Crippen molar-refractivity contribution in [1.82, 2.24) is 5.32 Å². The van der Waals surface area contributed by atoms with Crippen molar-refractivity contribution < 1.29 is 9.53 Å². The molecule has 0 aliphatic heterocycles. The molecular weight excluding hydrogens is 214 g/mol. The first-order valence-corrected chi connectivity index (χ1v) is 5.83. The highest BCUT2D eigenvalue weighted by Crippen LogP contribution is 2.22. The van der Waals surface area contributed by atoms with Gasteiger partial charge in [0.25, 0.3) is 5.91 Å². The maximum Gasteiger partial charge on any atom is 0.251 e. The molecule has 3 heteroatoms. The van der Waals surface area contributed by atoms with Crippen molar-refractivity contribution in [2.45, 2.75) is 26.2 Å². The lowest BCUT2D eigenvalue weighted by Crippen LogP contribution is -2.27. The minimum absolute atomic E-state index is 0.0480. The molecule has 1 aromatic carbocycles. The second kappa shape index (κ2) is 5.82. The summed E-state index contributed by atoms with van der Waals surface area (Å²) in [6.45, 7) is 7.47. The Kier molecular flexibility index (Phi) is 4.70. The average molecular weight is 235 g/mol. The van der Waals surface area contributed by atoms with Crippen LogP contribution in [0.4, 0.5) is 0 Å². The van der Waals surface area contributed by atoms with Gasteiger partial charge in [-0.2, -0.15) is 0 Å². The molecule has 17 heavy (non-hydrogen) atoms. The average Bonchev–Trinajstić information content (AvgIpc) is 2.28. The molecule has 0 spiro atoms. The highest BCUT2D eigenvalue weighted by atomic mass is 16.5. The van der Waals surface area contributed by atoms with Crippen LogP contribution >= 0.6 is 0 Å². The molecule has 1 aromatic rings. The van der Waals surface area contributed by atoms with Crippen molar-refractivity contribution in [2.24, 2.45) is 0 Å². The fourth-order valence-electron chi connectivity index (χ4n) is 1.50. The third-order valence-corrected chi connectivity index (χ3v) is 2.58. The van der Waals surface area contributed by atoms with Gasteiger partial charge in [-0.3, -0.25) is 4.79 Å². The van der Waals surface area contributed by atoms with Crippen molar-refractivity contribution in [3.05, 3.63) is 35.4 Å². The smallest absolute Gasteiger partial charge is 0.251 e. The number of carbonyl (C=O) groups is 1. The molecule has 1 amide bonds. The largest absolute Gasteiger partial charge is 0.383 e. The van der Waals surface area contributed by atoms with Gasteiger partial charge < -0.3 is 10.1 Å². The monoisotopic (exact) mass is 235 g/mol. The Balaban J connectivity index is 2.74. The van der Waals surface area contributed by atoms with Gasteiger partial charge in [-0.25, -0.2) is 0 Å². The van der Waals surface area contributed by atoms with Gasteiger partial charge in [0, 0.05) is 19.2 Å². The van der Waals surface area contributed by atoms with Gasteiger partial charge >= 0.3 is 0 Å². The topological polar surface area (TPSA) is 38.3 Å². The van der Waals surface area contributed by atoms with Gasteiger partial charge in [-0.05, 0) is 23.1 Å². The molecule has 1 rings (SSSR count). The number of benzene rings is 1. The van der Waals surface area contributed by atoms with E-state index in [9.17, 15) is 4.79 Å². The SMILES string of the molecule is COCCNC(=O)c1cccc(C(C)(C)C)c1. The lowest BCUT2D eigenvalue weighted by atomic mass is 9.86. The molecule has 94 valence electrons. The van der Waals surface area contributed by atoms with E-state index in [-0.39, 0.29) is 11.3 Å². The minimum atomic E-state index is -0.0480. The molecule has 0 bridgehead atoms. The van der Waals surface area contributed by atoms with Crippen LogP contribution in [0.1, 0.15) is 36.7 Å². The van der Waals surface area contributed by atoms with E-state index in [1.165, 1.54) is 0 Å². The number of nitrogens with one attached hydrogen (secondary N) is 1. The van der Waals surface area contributed by atoms with E-state index >= 15 is 0 Å². The van der Waals surface area contributed by atoms with Crippen molar-refractivity contribution in [3.63, 3.8) is 0 Å². The Labute approximate surface area is 103 Å². The summed E-state index contributed by atoms with van der Waals surface area (Å²) < 4.78 is 4.89. The first kappa shape index (κ1) is 13.7. The van der Waals surface area contributed by atoms with E-state index in [0.29, 0.717) is 18.7 Å². The lowest BCUT2D eigenvalue weighted by Gasteiger charge is -2.19. The van der Waals surface area contributed by atoms with Crippen LogP contribution in [-0.4, -0.2) is 26.2 Å². The van der Waals surface area contributed by atoms with Gasteiger partial charge in [0.2, 0.25) is 0 Å². The molecule has 0 unspecified atom stereocenters. The maximum absolute atomic E-state index is 11.8. The van der Waals surface area contributed by atoms with Crippen LogP contribution in [0.5, 0.6) is 0 Å². The summed E-state index contributed by atoms with van der Waals surface area (Å²) in [5, 5.41) is 2.81. The number of rotatable bonds is 4. The summed E-state index contributed by atoms with van der Waals surface area (Å²) in [5.74, 6) is -0.0480. The van der Waals surface area contributed by atoms with Gasteiger partial charge in [0.15, 0.2) is 0 Å². The molecule has 0 saturated heterocycles. The minimum Gasteiger partial charge on any atom is -0.383 e. The number of hydrogen-bond acceptors (Lipinski definition) is 2. The standard InChI is InChI=1S/C14H21NO2/c1-14(2,3)12-7-5-6-11(10-12)13(16)15-8-9-17-4/h5-7,10H,8-9H2,1-4H3,(H,15,16). The number of methoxy groups -OCH3 is 1. The maximum atomic E-state index is 11.8. The molecule has 0 saturated carbocycles. The first-order valence-electron chi connectivity index (χ1n) is 5.83. The first-order chi connectivity index (χ1) is 7.95. The summed E-state index contributed by atoms with van der Waals surface area (Å²) in [4.78, 5) is 11.8. The van der Waals surface area contributed by atoms with E-state index in [1.807, 2.05) is 24.3 Å². The Morgan fingerprint density at radius 3 is 2.65 bits per heavy atom. The molecule has 0 fully saturated rings. The molecule has 1 N–H and O–H groups in total. The predicted molar refractivity (Wildman–Crippen MR) is 69.4 cm³/mol. The van der Waals surface area contributed by atoms with Crippen LogP contribution in [0.2, 0.25) is 0 Å². The van der Waals surface area contributed by atoms with Crippen LogP contribution < -0.4 is 5.32 Å². The highest BCUT2D eigenvalue weighted by molar-refractivity contribution is 5.94. The Hall–Kier alpha value is -1.35. The molecule has 0 aliphatic carbocycles. The van der Waals surface area contributed by atoms with Gasteiger partial charge in [-0.1, -0.05) is 32.9 Å². The zero-order valence-electron chi connectivity index (χ0n) is 11.0. The normalized spacial score (nSPS) is 11.3. The summed E-state index contributed by atoms with van der Waals surface area (Å²) in [6.07, 6.45) is 0. The second-order valence-electron chi connectivity index (χ2n) is 5.08. The number of hydrogen-bond donors (Lipinski definition) is 1. The molecule has 0 aliphatic rings. The van der Waals surface area contributed by atoms with Crippen molar-refractivity contribution >= 4 is 5.91 Å². The van der Waals surface area contributed by atoms with E-state index in [0.717, 1.165) is 5.56 Å². The van der Waals surface area contributed by atoms with Crippen LogP contribution in [0.25, 0.3) is 0 Å². The van der Waals surface area contributed by atoms with Gasteiger partial charge in [0.05, 0.1) is 6.61 Å². The number of ether oxygens (including phenoxy) is 1. The summed E-state index contributed by atoms with van der Waals surface area (Å²) in [5.41, 5.74) is 1.92. The molecule has 3 nitrogen and oxygen atoms in total.